The van der Waals surface area contributed by atoms with Gasteiger partial charge in [-0.25, -0.2) is 0 Å². The minimum absolute atomic E-state index is 0.172. The average Bonchev–Trinajstić information content (AvgIpc) is 2.26. The van der Waals surface area contributed by atoms with Crippen molar-refractivity contribution in [2.45, 2.75) is 20.3 Å². The number of rotatable bonds is 5. The average molecular weight is 238 g/mol. The fourth-order valence-corrected chi connectivity index (χ4v) is 1.27. The van der Waals surface area contributed by atoms with Gasteiger partial charge >= 0.3 is 0 Å². The molecule has 0 saturated carbocycles. The maximum Gasteiger partial charge on any atom is 0.296 e. The summed E-state index contributed by atoms with van der Waals surface area (Å²) in [6, 6.07) is 4.36. The van der Waals surface area contributed by atoms with Crippen LogP contribution >= 0.6 is 0 Å². The largest absolute Gasteiger partial charge is 0.493 e. The van der Waals surface area contributed by atoms with Crippen molar-refractivity contribution < 1.29 is 14.5 Å². The van der Waals surface area contributed by atoms with E-state index in [0.29, 0.717) is 12.4 Å². The predicted molar refractivity (Wildman–Crippen MR) is 63.2 cm³/mol. The summed E-state index contributed by atoms with van der Waals surface area (Å²) in [6.45, 7) is 3.74. The SMILES string of the molecule is CCCOc1ccc(NC(C)=O)c([N+](=O)[O-])c1. The molecule has 0 unspecified atom stereocenters. The van der Waals surface area contributed by atoms with Gasteiger partial charge in [0.1, 0.15) is 11.4 Å². The molecule has 0 aliphatic heterocycles. The van der Waals surface area contributed by atoms with Crippen LogP contribution in [0.1, 0.15) is 20.3 Å². The van der Waals surface area contributed by atoms with E-state index in [1.54, 1.807) is 6.07 Å². The number of ether oxygens (including phenoxy) is 1. The highest BCUT2D eigenvalue weighted by Crippen LogP contribution is 2.29. The second kappa shape index (κ2) is 5.83. The topological polar surface area (TPSA) is 81.5 Å². The first kappa shape index (κ1) is 13.0. The molecule has 0 saturated heterocycles. The van der Waals surface area contributed by atoms with Crippen LogP contribution in [-0.2, 0) is 4.79 Å². The third kappa shape index (κ3) is 3.75. The molecular weight excluding hydrogens is 224 g/mol. The summed E-state index contributed by atoms with van der Waals surface area (Å²) in [5, 5.41) is 13.2. The summed E-state index contributed by atoms with van der Waals surface area (Å²) in [5.74, 6) is 0.0722. The van der Waals surface area contributed by atoms with E-state index in [9.17, 15) is 14.9 Å². The van der Waals surface area contributed by atoms with Gasteiger partial charge in [0, 0.05) is 6.92 Å². The number of hydrogen-bond donors (Lipinski definition) is 1. The summed E-state index contributed by atoms with van der Waals surface area (Å²) in [6.07, 6.45) is 0.821. The molecule has 1 amide bonds. The van der Waals surface area contributed by atoms with Crippen molar-refractivity contribution in [2.75, 3.05) is 11.9 Å². The molecule has 1 aromatic rings. The lowest BCUT2D eigenvalue weighted by Gasteiger charge is -2.07. The number of carbonyl (C=O) groups is 1. The lowest BCUT2D eigenvalue weighted by Crippen LogP contribution is -2.08. The van der Waals surface area contributed by atoms with Gasteiger partial charge in [-0.3, -0.25) is 14.9 Å². The Morgan fingerprint density at radius 1 is 1.53 bits per heavy atom. The van der Waals surface area contributed by atoms with E-state index in [4.69, 9.17) is 4.74 Å². The molecule has 1 aromatic carbocycles. The number of nitro groups is 1. The van der Waals surface area contributed by atoms with Gasteiger partial charge in [0.25, 0.3) is 5.69 Å². The summed E-state index contributed by atoms with van der Waals surface area (Å²) in [7, 11) is 0. The van der Waals surface area contributed by atoms with Crippen LogP contribution in [0.5, 0.6) is 5.75 Å². The van der Waals surface area contributed by atoms with Crippen LogP contribution in [0.15, 0.2) is 18.2 Å². The quantitative estimate of drug-likeness (QED) is 0.630. The van der Waals surface area contributed by atoms with Crippen LogP contribution < -0.4 is 10.1 Å². The Balaban J connectivity index is 2.99. The Hall–Kier alpha value is -2.11. The molecule has 17 heavy (non-hydrogen) atoms. The number of nitrogens with one attached hydrogen (secondary N) is 1. The number of nitrogens with zero attached hydrogens (tertiary/aromatic N) is 1. The number of carbonyl (C=O) groups excluding carboxylic acids is 1. The number of nitro benzene ring substituents is 1. The predicted octanol–water partition coefficient (Wildman–Crippen LogP) is 2.34. The van der Waals surface area contributed by atoms with E-state index in [0.717, 1.165) is 6.42 Å². The van der Waals surface area contributed by atoms with E-state index in [2.05, 4.69) is 5.32 Å². The van der Waals surface area contributed by atoms with Crippen LogP contribution in [0.2, 0.25) is 0 Å². The van der Waals surface area contributed by atoms with E-state index in [1.807, 2.05) is 6.92 Å². The summed E-state index contributed by atoms with van der Waals surface area (Å²) in [5.41, 5.74) is 0.000140. The zero-order valence-electron chi connectivity index (χ0n) is 9.73. The molecular formula is C11H14N2O4. The first-order valence-corrected chi connectivity index (χ1v) is 5.23. The van der Waals surface area contributed by atoms with Gasteiger partial charge in [-0.15, -0.1) is 0 Å². The molecule has 0 heterocycles. The van der Waals surface area contributed by atoms with Crippen molar-refractivity contribution >= 4 is 17.3 Å². The van der Waals surface area contributed by atoms with Gasteiger partial charge < -0.3 is 10.1 Å². The highest BCUT2D eigenvalue weighted by molar-refractivity contribution is 5.91. The fraction of sp³-hybridized carbons (Fsp3) is 0.364. The second-order valence-corrected chi connectivity index (χ2v) is 3.47. The summed E-state index contributed by atoms with van der Waals surface area (Å²) in [4.78, 5) is 21.2. The van der Waals surface area contributed by atoms with Crippen molar-refractivity contribution in [1.82, 2.24) is 0 Å². The Morgan fingerprint density at radius 2 is 2.24 bits per heavy atom. The highest BCUT2D eigenvalue weighted by Gasteiger charge is 2.15. The molecule has 0 aromatic heterocycles. The molecule has 0 radical (unpaired) electrons. The zero-order chi connectivity index (χ0) is 12.8. The third-order valence-electron chi connectivity index (χ3n) is 1.95. The Kier molecular flexibility index (Phi) is 4.45. The Labute approximate surface area is 98.7 Å². The van der Waals surface area contributed by atoms with Crippen LogP contribution in [0.3, 0.4) is 0 Å². The van der Waals surface area contributed by atoms with Gasteiger partial charge in [0.2, 0.25) is 5.91 Å². The maximum absolute atomic E-state index is 10.9. The van der Waals surface area contributed by atoms with Gasteiger partial charge in [-0.2, -0.15) is 0 Å². The lowest BCUT2D eigenvalue weighted by molar-refractivity contribution is -0.384. The number of benzene rings is 1. The van der Waals surface area contributed by atoms with Gasteiger partial charge in [-0.05, 0) is 18.6 Å². The molecule has 6 nitrogen and oxygen atoms in total. The number of amides is 1. The molecule has 0 spiro atoms. The molecule has 0 fully saturated rings. The number of anilines is 1. The van der Waals surface area contributed by atoms with Crippen LogP contribution in [-0.4, -0.2) is 17.4 Å². The van der Waals surface area contributed by atoms with Crippen LogP contribution in [0.4, 0.5) is 11.4 Å². The Morgan fingerprint density at radius 3 is 2.76 bits per heavy atom. The first-order valence-electron chi connectivity index (χ1n) is 5.23. The van der Waals surface area contributed by atoms with Crippen LogP contribution in [0, 0.1) is 10.1 Å². The van der Waals surface area contributed by atoms with Crippen molar-refractivity contribution in [2.24, 2.45) is 0 Å². The number of hydrogen-bond acceptors (Lipinski definition) is 4. The molecule has 1 rings (SSSR count). The van der Waals surface area contributed by atoms with Crippen molar-refractivity contribution in [3.05, 3.63) is 28.3 Å². The molecule has 0 bridgehead atoms. The minimum Gasteiger partial charge on any atom is -0.493 e. The van der Waals surface area contributed by atoms with Gasteiger partial charge in [-0.1, -0.05) is 6.92 Å². The minimum atomic E-state index is -0.552. The normalized spacial score (nSPS) is 9.76. The van der Waals surface area contributed by atoms with Crippen molar-refractivity contribution in [1.29, 1.82) is 0 Å². The lowest BCUT2D eigenvalue weighted by atomic mass is 10.2. The first-order chi connectivity index (χ1) is 8.04. The Bertz CT molecular complexity index is 431. The van der Waals surface area contributed by atoms with Gasteiger partial charge in [0.05, 0.1) is 17.6 Å². The molecule has 0 atom stereocenters. The maximum atomic E-state index is 10.9. The molecule has 92 valence electrons. The van der Waals surface area contributed by atoms with Crippen molar-refractivity contribution in [3.63, 3.8) is 0 Å². The second-order valence-electron chi connectivity index (χ2n) is 3.47. The third-order valence-corrected chi connectivity index (χ3v) is 1.95. The van der Waals surface area contributed by atoms with E-state index < -0.39 is 4.92 Å². The monoisotopic (exact) mass is 238 g/mol. The molecule has 6 heteroatoms. The fourth-order valence-electron chi connectivity index (χ4n) is 1.27. The van der Waals surface area contributed by atoms with E-state index in [-0.39, 0.29) is 17.3 Å². The van der Waals surface area contributed by atoms with Crippen molar-refractivity contribution in [3.8, 4) is 5.75 Å². The molecule has 0 aliphatic rings. The van der Waals surface area contributed by atoms with E-state index in [1.165, 1.54) is 19.1 Å². The van der Waals surface area contributed by atoms with Crippen LogP contribution in [0.25, 0.3) is 0 Å². The smallest absolute Gasteiger partial charge is 0.296 e. The highest BCUT2D eigenvalue weighted by atomic mass is 16.6. The zero-order valence-corrected chi connectivity index (χ0v) is 9.73. The molecule has 1 N–H and O–H groups in total. The standard InChI is InChI=1S/C11H14N2O4/c1-3-6-17-9-4-5-10(12-8(2)14)11(7-9)13(15)16/h4-5,7H,3,6H2,1-2H3,(H,12,14). The molecule has 0 aliphatic carbocycles. The van der Waals surface area contributed by atoms with E-state index >= 15 is 0 Å². The summed E-state index contributed by atoms with van der Waals surface area (Å²) >= 11 is 0. The summed E-state index contributed by atoms with van der Waals surface area (Å²) < 4.78 is 5.29. The van der Waals surface area contributed by atoms with Gasteiger partial charge in [0.15, 0.2) is 0 Å².